The first kappa shape index (κ1) is 110. The van der Waals surface area contributed by atoms with E-state index in [2.05, 4.69) is 119 Å². The summed E-state index contributed by atoms with van der Waals surface area (Å²) in [5.41, 5.74) is 0. The Bertz CT molecular complexity index is 1340. The minimum absolute atomic E-state index is 0.917. The maximum atomic E-state index is 8.88. The van der Waals surface area contributed by atoms with Crippen molar-refractivity contribution in [2.24, 2.45) is 35.5 Å². The molecule has 0 aliphatic heterocycles. The van der Waals surface area contributed by atoms with Crippen LogP contribution in [-0.2, 0) is 4.57 Å². The highest BCUT2D eigenvalue weighted by Gasteiger charge is 2.20. The van der Waals surface area contributed by atoms with Gasteiger partial charge in [-0.25, -0.2) is 4.57 Å². The van der Waals surface area contributed by atoms with Gasteiger partial charge in [0.05, 0.1) is 0 Å². The quantitative estimate of drug-likeness (QED) is 0.0413. The molecule has 0 saturated heterocycles. The predicted octanol–water partition coefficient (Wildman–Crippen LogP) is 32.7. The van der Waals surface area contributed by atoms with Gasteiger partial charge in [-0.2, -0.15) is 0 Å². The van der Waals surface area contributed by atoms with Crippen LogP contribution in [0, 0.1) is 35.5 Å². The molecule has 3 N–H and O–H groups in total. The van der Waals surface area contributed by atoms with E-state index in [1.54, 1.807) is 0 Å². The molecule has 0 amide bonds. The Kier molecular flexibility index (Phi) is 97.4. The second-order valence-electron chi connectivity index (χ2n) is 34.1. The van der Waals surface area contributed by atoms with Crippen LogP contribution >= 0.6 is 7.82 Å². The molecule has 0 spiro atoms. The van der Waals surface area contributed by atoms with E-state index in [0.717, 1.165) is 35.5 Å². The molecule has 0 aromatic rings. The minimum atomic E-state index is -4.64. The van der Waals surface area contributed by atoms with Crippen LogP contribution in [0.25, 0.3) is 0 Å². The molecule has 0 heterocycles. The molecule has 632 valence electrons. The summed E-state index contributed by atoms with van der Waals surface area (Å²) in [6.07, 6.45) is 94.7. The summed E-state index contributed by atoms with van der Waals surface area (Å²) >= 11 is 0. The SMILES string of the molecule is CCCCCCCCCCCCCCCCN(CC(CC)CCCC)CC(CC)CCCC.CCCCCCCCCCCCCCCCN(CC(CC)CCCC)CC(CC)CCCC.CCCCCCCCCCCCCCCCN(CC(CC)CCCC)CC(CC)CCCC.O=P(O)(O)O. The van der Waals surface area contributed by atoms with Gasteiger partial charge in [0.25, 0.3) is 0 Å². The number of hydrogen-bond acceptors (Lipinski definition) is 4. The number of nitrogens with zero attached hydrogens (tertiary/aromatic N) is 3. The van der Waals surface area contributed by atoms with Crippen LogP contribution < -0.4 is 0 Å². The van der Waals surface area contributed by atoms with Gasteiger partial charge in [-0.05, 0) is 113 Å². The van der Waals surface area contributed by atoms with Crippen molar-refractivity contribution in [2.75, 3.05) is 58.9 Å². The summed E-state index contributed by atoms with van der Waals surface area (Å²) in [6, 6.07) is 0. The molecule has 104 heavy (non-hydrogen) atoms. The van der Waals surface area contributed by atoms with E-state index in [1.807, 2.05) is 0 Å². The normalized spacial score (nSPS) is 13.5. The number of hydrogen-bond donors (Lipinski definition) is 3. The third kappa shape index (κ3) is 89.2. The molecule has 0 aliphatic carbocycles. The van der Waals surface area contributed by atoms with Gasteiger partial charge in [-0.15, -0.1) is 0 Å². The fraction of sp³-hybridized carbons (Fsp3) is 1.00. The second-order valence-corrected chi connectivity index (χ2v) is 35.1. The smallest absolute Gasteiger partial charge is 0.303 e. The highest BCUT2D eigenvalue weighted by Crippen LogP contribution is 2.27. The van der Waals surface area contributed by atoms with Crippen LogP contribution in [0.15, 0.2) is 0 Å². The Balaban J connectivity index is -0.000000696. The van der Waals surface area contributed by atoms with Gasteiger partial charge in [-0.3, -0.25) is 0 Å². The van der Waals surface area contributed by atoms with E-state index in [9.17, 15) is 0 Å². The van der Waals surface area contributed by atoms with Gasteiger partial charge in [-0.1, -0.05) is 470 Å². The van der Waals surface area contributed by atoms with Crippen molar-refractivity contribution in [3.63, 3.8) is 0 Å². The molecule has 0 saturated carbocycles. The van der Waals surface area contributed by atoms with Crippen LogP contribution in [0.5, 0.6) is 0 Å². The highest BCUT2D eigenvalue weighted by atomic mass is 31.2. The lowest BCUT2D eigenvalue weighted by Crippen LogP contribution is -2.35. The molecule has 0 fully saturated rings. The molecule has 0 bridgehead atoms. The Morgan fingerprint density at radius 1 is 0.183 bits per heavy atom. The highest BCUT2D eigenvalue weighted by molar-refractivity contribution is 7.45. The number of unbranched alkanes of at least 4 members (excludes halogenated alkanes) is 45. The van der Waals surface area contributed by atoms with Crippen molar-refractivity contribution < 1.29 is 19.2 Å². The molecule has 8 heteroatoms. The van der Waals surface area contributed by atoms with Gasteiger partial charge in [0.2, 0.25) is 0 Å². The zero-order valence-electron chi connectivity index (χ0n) is 75.0. The Hall–Kier alpha value is -0.0100. The summed E-state index contributed by atoms with van der Waals surface area (Å²) in [5.74, 6) is 5.50. The third-order valence-corrected chi connectivity index (χ3v) is 23.8. The first-order valence-corrected chi connectivity index (χ1v) is 50.1. The van der Waals surface area contributed by atoms with Crippen molar-refractivity contribution in [3.8, 4) is 0 Å². The van der Waals surface area contributed by atoms with E-state index < -0.39 is 7.82 Å². The Morgan fingerprint density at radius 2 is 0.288 bits per heavy atom. The summed E-state index contributed by atoms with van der Waals surface area (Å²) in [6.45, 7) is 47.7. The van der Waals surface area contributed by atoms with Crippen molar-refractivity contribution >= 4 is 7.82 Å². The molecule has 6 unspecified atom stereocenters. The second kappa shape index (κ2) is 91.9. The van der Waals surface area contributed by atoms with Crippen LogP contribution in [0.1, 0.15) is 528 Å². The summed E-state index contributed by atoms with van der Waals surface area (Å²) < 4.78 is 8.88. The Morgan fingerprint density at radius 3 is 0.394 bits per heavy atom. The van der Waals surface area contributed by atoms with Gasteiger partial charge in [0, 0.05) is 39.3 Å². The fourth-order valence-electron chi connectivity index (χ4n) is 16.1. The van der Waals surface area contributed by atoms with Gasteiger partial charge in [0.15, 0.2) is 0 Å². The van der Waals surface area contributed by atoms with E-state index in [0.29, 0.717) is 0 Å². The summed E-state index contributed by atoms with van der Waals surface area (Å²) in [7, 11) is -4.64. The maximum absolute atomic E-state index is 8.88. The average molecular weight is 1500 g/mol. The van der Waals surface area contributed by atoms with Crippen molar-refractivity contribution in [1.82, 2.24) is 14.7 Å². The number of phosphoric acid groups is 1. The van der Waals surface area contributed by atoms with E-state index >= 15 is 0 Å². The topological polar surface area (TPSA) is 87.5 Å². The summed E-state index contributed by atoms with van der Waals surface area (Å²) in [4.78, 5) is 30.2. The first-order chi connectivity index (χ1) is 50.6. The van der Waals surface area contributed by atoms with Gasteiger partial charge in [0.1, 0.15) is 0 Å². The minimum Gasteiger partial charge on any atom is -0.303 e. The zero-order chi connectivity index (χ0) is 77.7. The molecule has 0 aromatic heterocycles. The van der Waals surface area contributed by atoms with E-state index in [1.165, 1.54) is 483 Å². The van der Waals surface area contributed by atoms with Crippen LogP contribution in [0.4, 0.5) is 0 Å². The Labute approximate surface area is 660 Å². The molecule has 7 nitrogen and oxygen atoms in total. The fourth-order valence-corrected chi connectivity index (χ4v) is 16.1. The lowest BCUT2D eigenvalue weighted by Gasteiger charge is -2.30. The number of rotatable bonds is 81. The molecule has 0 radical (unpaired) electrons. The molecule has 0 aliphatic rings. The zero-order valence-corrected chi connectivity index (χ0v) is 75.9. The molecule has 0 rings (SSSR count). The molecular weight excluding hydrogens is 1290 g/mol. The monoisotopic (exact) mass is 1490 g/mol. The van der Waals surface area contributed by atoms with Gasteiger partial charge >= 0.3 is 7.82 Å². The molecule has 0 aromatic carbocycles. The average Bonchev–Trinajstić information content (AvgIpc) is 0.952. The third-order valence-electron chi connectivity index (χ3n) is 23.8. The molecule has 6 atom stereocenters. The first-order valence-electron chi connectivity index (χ1n) is 48.6. The lowest BCUT2D eigenvalue weighted by molar-refractivity contribution is 0.178. The van der Waals surface area contributed by atoms with Crippen LogP contribution in [-0.4, -0.2) is 88.3 Å². The van der Waals surface area contributed by atoms with Crippen molar-refractivity contribution in [3.05, 3.63) is 0 Å². The van der Waals surface area contributed by atoms with Crippen LogP contribution in [0.3, 0.4) is 0 Å². The van der Waals surface area contributed by atoms with E-state index in [4.69, 9.17) is 19.2 Å². The van der Waals surface area contributed by atoms with Gasteiger partial charge < -0.3 is 29.4 Å². The maximum Gasteiger partial charge on any atom is 0.466 e. The van der Waals surface area contributed by atoms with Crippen LogP contribution in [0.2, 0.25) is 0 Å². The largest absolute Gasteiger partial charge is 0.466 e. The lowest BCUT2D eigenvalue weighted by atomic mass is 9.95. The predicted molar refractivity (Wildman–Crippen MR) is 474 cm³/mol. The summed E-state index contributed by atoms with van der Waals surface area (Å²) in [5, 5.41) is 0. The standard InChI is InChI=1S/3C32H67N.H3O4P/c3*1-6-11-14-15-16-17-18-19-20-21-22-23-24-25-28-33(29-31(9-4)26-12-7-2)30-32(10-5)27-13-8-3;1-5(2,3)4/h3*31-32H,6-30H2,1-5H3;(H3,1,2,3,4). The van der Waals surface area contributed by atoms with Crippen molar-refractivity contribution in [1.29, 1.82) is 0 Å². The van der Waals surface area contributed by atoms with Crippen molar-refractivity contribution in [2.45, 2.75) is 528 Å². The molecular formula is C96H204N3O4P. The van der Waals surface area contributed by atoms with E-state index in [-0.39, 0.29) is 0 Å².